The third-order valence-electron chi connectivity index (χ3n) is 12.6. The Labute approximate surface area is 341 Å². The molecule has 0 spiro atoms. The van der Waals surface area contributed by atoms with Gasteiger partial charge in [-0.15, -0.1) is 11.3 Å². The van der Waals surface area contributed by atoms with E-state index in [0.29, 0.717) is 0 Å². The van der Waals surface area contributed by atoms with Crippen molar-refractivity contribution in [3.63, 3.8) is 0 Å². The zero-order valence-corrected chi connectivity index (χ0v) is 33.1. The summed E-state index contributed by atoms with van der Waals surface area (Å²) >= 11 is 1.86. The SMILES string of the molecule is CC1(C)c2cc(N(c3ccc(-c4ccccc4)cc3)c3ccc4sc5ccccc5c4c3)ccc2-c2ccc(-n3c4ccccc4c4c5ccccc5ccc43)cc21. The molecule has 0 unspecified atom stereocenters. The first kappa shape index (κ1) is 33.2. The number of hydrogen-bond donors (Lipinski definition) is 0. The van der Waals surface area contributed by atoms with Crippen molar-refractivity contribution in [3.8, 4) is 27.9 Å². The zero-order chi connectivity index (χ0) is 38.5. The van der Waals surface area contributed by atoms with Crippen LogP contribution in [0.3, 0.4) is 0 Å². The molecule has 274 valence electrons. The molecule has 1 aliphatic carbocycles. The molecular weight excluding hydrogens is 721 g/mol. The van der Waals surface area contributed by atoms with Crippen molar-refractivity contribution in [3.05, 3.63) is 205 Å². The lowest BCUT2D eigenvalue weighted by Crippen LogP contribution is -2.17. The Kier molecular flexibility index (Phi) is 7.18. The fourth-order valence-electron chi connectivity index (χ4n) is 9.74. The van der Waals surface area contributed by atoms with E-state index in [0.717, 1.165) is 17.1 Å². The van der Waals surface area contributed by atoms with Crippen LogP contribution in [0.2, 0.25) is 0 Å². The molecule has 0 N–H and O–H groups in total. The molecule has 3 heteroatoms. The monoisotopic (exact) mass is 758 g/mol. The summed E-state index contributed by atoms with van der Waals surface area (Å²) in [5.74, 6) is 0. The van der Waals surface area contributed by atoms with Crippen LogP contribution in [0.25, 0.3) is 80.7 Å². The summed E-state index contributed by atoms with van der Waals surface area (Å²) in [5.41, 5.74) is 14.6. The number of hydrogen-bond acceptors (Lipinski definition) is 2. The van der Waals surface area contributed by atoms with Crippen LogP contribution in [0.15, 0.2) is 194 Å². The van der Waals surface area contributed by atoms with E-state index in [-0.39, 0.29) is 5.41 Å². The average molecular weight is 759 g/mol. The quantitative estimate of drug-likeness (QED) is 0.170. The second-order valence-corrected chi connectivity index (χ2v) is 17.2. The molecule has 0 radical (unpaired) electrons. The Morgan fingerprint density at radius 2 is 1.05 bits per heavy atom. The number of benzene rings is 9. The minimum Gasteiger partial charge on any atom is -0.310 e. The van der Waals surface area contributed by atoms with Crippen LogP contribution in [0.4, 0.5) is 17.1 Å². The minimum atomic E-state index is -0.224. The Bertz CT molecular complexity index is 3420. The number of anilines is 3. The maximum Gasteiger partial charge on any atom is 0.0547 e. The third kappa shape index (κ3) is 4.90. The fourth-order valence-corrected chi connectivity index (χ4v) is 10.8. The van der Waals surface area contributed by atoms with E-state index in [1.807, 2.05) is 11.3 Å². The molecule has 58 heavy (non-hydrogen) atoms. The highest BCUT2D eigenvalue weighted by molar-refractivity contribution is 7.25. The van der Waals surface area contributed by atoms with Crippen LogP contribution < -0.4 is 4.90 Å². The van der Waals surface area contributed by atoms with E-state index in [4.69, 9.17) is 0 Å². The molecule has 11 aromatic rings. The molecular formula is C55H38N2S. The van der Waals surface area contributed by atoms with Gasteiger partial charge in [0.15, 0.2) is 0 Å². The zero-order valence-electron chi connectivity index (χ0n) is 32.3. The number of fused-ring (bicyclic) bond motifs is 11. The van der Waals surface area contributed by atoms with Crippen LogP contribution in [0, 0.1) is 0 Å². The van der Waals surface area contributed by atoms with Crippen LogP contribution in [0.1, 0.15) is 25.0 Å². The Morgan fingerprint density at radius 1 is 0.431 bits per heavy atom. The van der Waals surface area contributed by atoms with Gasteiger partial charge in [0.25, 0.3) is 0 Å². The number of aromatic nitrogens is 1. The molecule has 0 amide bonds. The van der Waals surface area contributed by atoms with Crippen molar-refractivity contribution >= 4 is 81.1 Å². The van der Waals surface area contributed by atoms with Crippen LogP contribution in [0.5, 0.6) is 0 Å². The van der Waals surface area contributed by atoms with Crippen molar-refractivity contribution in [1.29, 1.82) is 0 Å². The molecule has 9 aromatic carbocycles. The predicted octanol–water partition coefficient (Wildman–Crippen LogP) is 15.7. The van der Waals surface area contributed by atoms with Gasteiger partial charge in [-0.3, -0.25) is 0 Å². The van der Waals surface area contributed by atoms with E-state index in [1.165, 1.54) is 91.8 Å². The van der Waals surface area contributed by atoms with E-state index in [1.54, 1.807) is 0 Å². The molecule has 0 aliphatic heterocycles. The standard InChI is InChI=1S/C55H38N2S/c1-55(2)48-33-40(56(38-23-20-36(21-24-38)35-12-4-3-5-13-35)39-27-31-53-47(32-39)45-16-9-11-19-52(45)58-53)25-28-43(48)44-29-26-41(34-49(44)55)57-50-18-10-8-17-46(50)54-42-15-7-6-14-37(42)22-30-51(54)57/h3-34H,1-2H3. The number of nitrogens with zero attached hydrogens (tertiary/aromatic N) is 2. The van der Waals surface area contributed by atoms with Gasteiger partial charge in [-0.2, -0.15) is 0 Å². The minimum absolute atomic E-state index is 0.224. The Morgan fingerprint density at radius 3 is 1.90 bits per heavy atom. The van der Waals surface area contributed by atoms with Crippen molar-refractivity contribution in [2.24, 2.45) is 0 Å². The molecule has 2 aromatic heterocycles. The van der Waals surface area contributed by atoms with Crippen molar-refractivity contribution in [2.75, 3.05) is 4.90 Å². The highest BCUT2D eigenvalue weighted by atomic mass is 32.1. The molecule has 0 saturated heterocycles. The highest BCUT2D eigenvalue weighted by Gasteiger charge is 2.36. The van der Waals surface area contributed by atoms with Crippen LogP contribution in [-0.2, 0) is 5.41 Å². The van der Waals surface area contributed by atoms with E-state index >= 15 is 0 Å². The second-order valence-electron chi connectivity index (χ2n) is 16.1. The summed E-state index contributed by atoms with van der Waals surface area (Å²) in [4.78, 5) is 2.44. The van der Waals surface area contributed by atoms with E-state index in [2.05, 4.69) is 217 Å². The number of para-hydroxylation sites is 1. The lowest BCUT2D eigenvalue weighted by Gasteiger charge is -2.28. The summed E-state index contributed by atoms with van der Waals surface area (Å²) in [6.45, 7) is 4.79. The lowest BCUT2D eigenvalue weighted by atomic mass is 9.82. The summed E-state index contributed by atoms with van der Waals surface area (Å²) in [5, 5.41) is 7.76. The first-order valence-electron chi connectivity index (χ1n) is 20.1. The fraction of sp³-hybridized carbons (Fsp3) is 0.0545. The smallest absolute Gasteiger partial charge is 0.0547 e. The molecule has 0 atom stereocenters. The Balaban J connectivity index is 1.00. The van der Waals surface area contributed by atoms with Gasteiger partial charge < -0.3 is 9.47 Å². The van der Waals surface area contributed by atoms with Gasteiger partial charge in [-0.25, -0.2) is 0 Å². The molecule has 0 fully saturated rings. The summed E-state index contributed by atoms with van der Waals surface area (Å²) in [6.07, 6.45) is 0. The van der Waals surface area contributed by atoms with Gasteiger partial charge >= 0.3 is 0 Å². The third-order valence-corrected chi connectivity index (χ3v) is 13.7. The topological polar surface area (TPSA) is 8.17 Å². The van der Waals surface area contributed by atoms with Gasteiger partial charge in [0.2, 0.25) is 0 Å². The predicted molar refractivity (Wildman–Crippen MR) is 249 cm³/mol. The number of rotatable bonds is 5. The van der Waals surface area contributed by atoms with Gasteiger partial charge in [-0.1, -0.05) is 135 Å². The summed E-state index contributed by atoms with van der Waals surface area (Å²) in [6, 6.07) is 71.9. The molecule has 0 bridgehead atoms. The largest absolute Gasteiger partial charge is 0.310 e. The molecule has 2 heterocycles. The second kappa shape index (κ2) is 12.5. The van der Waals surface area contributed by atoms with E-state index in [9.17, 15) is 0 Å². The van der Waals surface area contributed by atoms with Gasteiger partial charge in [0, 0.05) is 59.1 Å². The summed E-state index contributed by atoms with van der Waals surface area (Å²) < 4.78 is 5.09. The number of thiophene rings is 1. The van der Waals surface area contributed by atoms with Crippen molar-refractivity contribution in [1.82, 2.24) is 4.57 Å². The maximum absolute atomic E-state index is 2.47. The molecule has 1 aliphatic rings. The molecule has 0 saturated carbocycles. The first-order valence-corrected chi connectivity index (χ1v) is 20.9. The molecule has 2 nitrogen and oxygen atoms in total. The lowest BCUT2D eigenvalue weighted by molar-refractivity contribution is 0.660. The van der Waals surface area contributed by atoms with Gasteiger partial charge in [-0.05, 0) is 117 Å². The van der Waals surface area contributed by atoms with Crippen LogP contribution in [-0.4, -0.2) is 4.57 Å². The highest BCUT2D eigenvalue weighted by Crippen LogP contribution is 2.52. The first-order chi connectivity index (χ1) is 28.5. The molecule has 12 rings (SSSR count). The average Bonchev–Trinajstić information content (AvgIpc) is 3.89. The van der Waals surface area contributed by atoms with Crippen molar-refractivity contribution in [2.45, 2.75) is 19.3 Å². The van der Waals surface area contributed by atoms with Crippen molar-refractivity contribution < 1.29 is 0 Å². The van der Waals surface area contributed by atoms with Gasteiger partial charge in [0.05, 0.1) is 11.0 Å². The van der Waals surface area contributed by atoms with Gasteiger partial charge in [0.1, 0.15) is 0 Å². The Hall–Kier alpha value is -6.94. The summed E-state index contributed by atoms with van der Waals surface area (Å²) in [7, 11) is 0. The van der Waals surface area contributed by atoms with Crippen LogP contribution >= 0.6 is 11.3 Å². The maximum atomic E-state index is 2.47. The van der Waals surface area contributed by atoms with E-state index < -0.39 is 0 Å². The normalized spacial score (nSPS) is 13.1.